The van der Waals surface area contributed by atoms with Crippen LogP contribution in [0.25, 0.3) is 0 Å². The van der Waals surface area contributed by atoms with Crippen LogP contribution in [0.4, 0.5) is 11.4 Å². The quantitative estimate of drug-likeness (QED) is 0.793. The molecule has 0 unspecified atom stereocenters. The van der Waals surface area contributed by atoms with Gasteiger partial charge in [-0.25, -0.2) is 0 Å². The number of benzene rings is 2. The fourth-order valence-corrected chi connectivity index (χ4v) is 2.91. The van der Waals surface area contributed by atoms with Gasteiger partial charge in [0.2, 0.25) is 5.91 Å². The number of carboxylic acid groups (broad SMARTS) is 1. The third-order valence-electron chi connectivity index (χ3n) is 4.12. The predicted molar refractivity (Wildman–Crippen MR) is 100 cm³/mol. The molecule has 1 aliphatic heterocycles. The van der Waals surface area contributed by atoms with E-state index in [0.717, 1.165) is 0 Å². The molecule has 8 heteroatoms. The molecule has 140 valence electrons. The van der Waals surface area contributed by atoms with Crippen molar-refractivity contribution in [3.63, 3.8) is 0 Å². The molecular weight excluding hydrogens is 372 g/mol. The maximum absolute atomic E-state index is 12.2. The average Bonchev–Trinajstić information content (AvgIpc) is 3.04. The summed E-state index contributed by atoms with van der Waals surface area (Å²) in [5.41, 5.74) is 1.03. The minimum Gasteiger partial charge on any atom is -0.482 e. The van der Waals surface area contributed by atoms with Crippen molar-refractivity contribution in [3.05, 3.63) is 53.6 Å². The summed E-state index contributed by atoms with van der Waals surface area (Å²) in [6, 6.07) is 13.4. The number of halogens is 1. The molecule has 0 spiro atoms. The van der Waals surface area contributed by atoms with E-state index in [1.54, 1.807) is 48.5 Å². The van der Waals surface area contributed by atoms with E-state index in [4.69, 9.17) is 21.4 Å². The largest absolute Gasteiger partial charge is 0.482 e. The Morgan fingerprint density at radius 2 is 1.89 bits per heavy atom. The summed E-state index contributed by atoms with van der Waals surface area (Å²) in [6.07, 6.45) is -0.0548. The standard InChI is InChI=1S/C19H17ClN2O5/c20-13-5-7-14(8-6-13)21-17(23)11-27-16-4-2-1-3-15(16)22-10-12(19(25)26)9-18(22)24/h1-8,12H,9-11H2,(H,21,23)(H,25,26)/t12-/m1/s1. The van der Waals surface area contributed by atoms with Gasteiger partial charge < -0.3 is 20.1 Å². The first-order valence-electron chi connectivity index (χ1n) is 8.24. The van der Waals surface area contributed by atoms with Crippen molar-refractivity contribution in [3.8, 4) is 5.75 Å². The van der Waals surface area contributed by atoms with Gasteiger partial charge in [0.1, 0.15) is 5.75 Å². The molecular formula is C19H17ClN2O5. The number of carboxylic acids is 1. The Labute approximate surface area is 160 Å². The fourth-order valence-electron chi connectivity index (χ4n) is 2.78. The molecule has 2 aromatic carbocycles. The van der Waals surface area contributed by atoms with E-state index in [1.165, 1.54) is 4.90 Å². The number of amides is 2. The van der Waals surface area contributed by atoms with Crippen molar-refractivity contribution < 1.29 is 24.2 Å². The van der Waals surface area contributed by atoms with Crippen LogP contribution in [-0.2, 0) is 14.4 Å². The third kappa shape index (κ3) is 4.57. The van der Waals surface area contributed by atoms with Crippen molar-refractivity contribution in [2.24, 2.45) is 5.92 Å². The minimum atomic E-state index is -1.01. The van der Waals surface area contributed by atoms with E-state index >= 15 is 0 Å². The van der Waals surface area contributed by atoms with Gasteiger partial charge in [0, 0.05) is 23.7 Å². The van der Waals surface area contributed by atoms with Crippen LogP contribution in [0, 0.1) is 5.92 Å². The number of ether oxygens (including phenoxy) is 1. The molecule has 1 saturated heterocycles. The summed E-state index contributed by atoms with van der Waals surface area (Å²) in [5, 5.41) is 12.4. The van der Waals surface area contributed by atoms with Gasteiger partial charge in [-0.2, -0.15) is 0 Å². The molecule has 27 heavy (non-hydrogen) atoms. The van der Waals surface area contributed by atoms with E-state index in [0.29, 0.717) is 22.1 Å². The van der Waals surface area contributed by atoms with Gasteiger partial charge in [-0.15, -0.1) is 0 Å². The molecule has 2 N–H and O–H groups in total. The van der Waals surface area contributed by atoms with Crippen LogP contribution >= 0.6 is 11.6 Å². The molecule has 2 amide bonds. The van der Waals surface area contributed by atoms with E-state index in [9.17, 15) is 14.4 Å². The zero-order valence-corrected chi connectivity index (χ0v) is 15.0. The molecule has 0 aliphatic carbocycles. The molecule has 0 radical (unpaired) electrons. The first-order chi connectivity index (χ1) is 12.9. The lowest BCUT2D eigenvalue weighted by Gasteiger charge is -2.20. The SMILES string of the molecule is O=C(COc1ccccc1N1C[C@H](C(=O)O)CC1=O)Nc1ccc(Cl)cc1. The zero-order chi connectivity index (χ0) is 19.4. The average molecular weight is 389 g/mol. The van der Waals surface area contributed by atoms with Crippen LogP contribution in [0.3, 0.4) is 0 Å². The summed E-state index contributed by atoms with van der Waals surface area (Å²) in [4.78, 5) is 36.8. The maximum Gasteiger partial charge on any atom is 0.308 e. The van der Waals surface area contributed by atoms with Crippen molar-refractivity contribution in [1.82, 2.24) is 0 Å². The van der Waals surface area contributed by atoms with E-state index in [-0.39, 0.29) is 31.4 Å². The Kier molecular flexibility index (Phi) is 5.61. The molecule has 2 aromatic rings. The second-order valence-corrected chi connectivity index (χ2v) is 6.49. The number of para-hydroxylation sites is 2. The number of aliphatic carboxylic acids is 1. The lowest BCUT2D eigenvalue weighted by Crippen LogP contribution is -2.27. The van der Waals surface area contributed by atoms with E-state index in [2.05, 4.69) is 5.32 Å². The second kappa shape index (κ2) is 8.09. The van der Waals surface area contributed by atoms with E-state index in [1.807, 2.05) is 0 Å². The third-order valence-corrected chi connectivity index (χ3v) is 4.37. The van der Waals surface area contributed by atoms with Crippen LogP contribution in [0.15, 0.2) is 48.5 Å². The number of carbonyl (C=O) groups excluding carboxylic acids is 2. The summed E-state index contributed by atoms with van der Waals surface area (Å²) in [5.74, 6) is -2.08. The Morgan fingerprint density at radius 3 is 2.56 bits per heavy atom. The monoisotopic (exact) mass is 388 g/mol. The van der Waals surface area contributed by atoms with Crippen LogP contribution < -0.4 is 15.0 Å². The number of rotatable bonds is 6. The lowest BCUT2D eigenvalue weighted by molar-refractivity contribution is -0.141. The highest BCUT2D eigenvalue weighted by atomic mass is 35.5. The number of nitrogens with zero attached hydrogens (tertiary/aromatic N) is 1. The highest BCUT2D eigenvalue weighted by Gasteiger charge is 2.36. The molecule has 1 fully saturated rings. The number of carbonyl (C=O) groups is 3. The van der Waals surface area contributed by atoms with Crippen molar-refractivity contribution in [2.45, 2.75) is 6.42 Å². The summed E-state index contributed by atoms with van der Waals surface area (Å²) < 4.78 is 5.57. The molecule has 1 atom stereocenters. The summed E-state index contributed by atoms with van der Waals surface area (Å²) in [7, 11) is 0. The minimum absolute atomic E-state index is 0.0548. The molecule has 0 aromatic heterocycles. The van der Waals surface area contributed by atoms with E-state index < -0.39 is 11.9 Å². The topological polar surface area (TPSA) is 95.9 Å². The molecule has 1 aliphatic rings. The summed E-state index contributed by atoms with van der Waals surface area (Å²) in [6.45, 7) is -0.185. The number of hydrogen-bond acceptors (Lipinski definition) is 4. The van der Waals surface area contributed by atoms with Crippen molar-refractivity contribution in [2.75, 3.05) is 23.4 Å². The summed E-state index contributed by atoms with van der Waals surface area (Å²) >= 11 is 5.80. The Hall–Kier alpha value is -3.06. The number of anilines is 2. The smallest absolute Gasteiger partial charge is 0.308 e. The molecule has 1 heterocycles. The van der Waals surface area contributed by atoms with Gasteiger partial charge >= 0.3 is 5.97 Å². The highest BCUT2D eigenvalue weighted by Crippen LogP contribution is 2.33. The molecule has 7 nitrogen and oxygen atoms in total. The van der Waals surface area contributed by atoms with Gasteiger partial charge in [0.25, 0.3) is 5.91 Å². The molecule has 3 rings (SSSR count). The Morgan fingerprint density at radius 1 is 1.19 bits per heavy atom. The Balaban J connectivity index is 1.66. The number of nitrogens with one attached hydrogen (secondary N) is 1. The van der Waals surface area contributed by atoms with Crippen LogP contribution in [0.2, 0.25) is 5.02 Å². The van der Waals surface area contributed by atoms with Gasteiger partial charge in [0.05, 0.1) is 11.6 Å². The van der Waals surface area contributed by atoms with Gasteiger partial charge in [0.15, 0.2) is 6.61 Å². The van der Waals surface area contributed by atoms with Crippen molar-refractivity contribution >= 4 is 40.8 Å². The van der Waals surface area contributed by atoms with Gasteiger partial charge in [-0.3, -0.25) is 14.4 Å². The van der Waals surface area contributed by atoms with Crippen LogP contribution in [-0.4, -0.2) is 36.0 Å². The first-order valence-corrected chi connectivity index (χ1v) is 8.62. The molecule has 0 bridgehead atoms. The van der Waals surface area contributed by atoms with Crippen LogP contribution in [0.1, 0.15) is 6.42 Å². The predicted octanol–water partition coefficient (Wildman–Crippen LogP) is 2.80. The first kappa shape index (κ1) is 18.7. The van der Waals surface area contributed by atoms with Gasteiger partial charge in [-0.1, -0.05) is 23.7 Å². The van der Waals surface area contributed by atoms with Crippen LogP contribution in [0.5, 0.6) is 5.75 Å². The Bertz CT molecular complexity index is 869. The van der Waals surface area contributed by atoms with Crippen molar-refractivity contribution in [1.29, 1.82) is 0 Å². The lowest BCUT2D eigenvalue weighted by atomic mass is 10.1. The second-order valence-electron chi connectivity index (χ2n) is 6.06. The van der Waals surface area contributed by atoms with Gasteiger partial charge in [-0.05, 0) is 36.4 Å². The maximum atomic E-state index is 12.2. The highest BCUT2D eigenvalue weighted by molar-refractivity contribution is 6.30. The normalized spacial score (nSPS) is 16.3. The number of hydrogen-bond donors (Lipinski definition) is 2. The fraction of sp³-hybridized carbons (Fsp3) is 0.211. The molecule has 0 saturated carbocycles. The zero-order valence-electron chi connectivity index (χ0n) is 14.2.